The van der Waals surface area contributed by atoms with Crippen molar-refractivity contribution in [1.82, 2.24) is 0 Å². The maximum absolute atomic E-state index is 13.4. The van der Waals surface area contributed by atoms with Crippen molar-refractivity contribution in [2.75, 3.05) is 0 Å². The van der Waals surface area contributed by atoms with Crippen LogP contribution in [-0.4, -0.2) is 0 Å². The van der Waals surface area contributed by atoms with Gasteiger partial charge in [0.05, 0.1) is 6.10 Å². The molecule has 0 saturated heterocycles. The minimum absolute atomic E-state index is 0.162. The molecule has 1 heterocycles. The molecule has 0 bridgehead atoms. The molecule has 3 rings (SSSR count). The molecular formula is C16H16FO2P. The van der Waals surface area contributed by atoms with E-state index in [0.717, 1.165) is 18.4 Å². The third-order valence-electron chi connectivity index (χ3n) is 3.58. The molecule has 0 spiro atoms. The Hall–Kier alpha value is -1.44. The standard InChI is InChI=1S/C16H16FO2P/c1-2-6-15-14-9-3-4-10-16(14)20(18,19-15)13-8-5-7-12(17)11-13/h3-5,7-11,15H,2,6H2,1H3. The van der Waals surface area contributed by atoms with Crippen LogP contribution < -0.4 is 10.6 Å². The summed E-state index contributed by atoms with van der Waals surface area (Å²) in [7, 11) is -3.17. The van der Waals surface area contributed by atoms with E-state index in [0.29, 0.717) is 10.6 Å². The Morgan fingerprint density at radius 1 is 1.20 bits per heavy atom. The number of hydrogen-bond donors (Lipinski definition) is 0. The van der Waals surface area contributed by atoms with Crippen LogP contribution in [0.15, 0.2) is 48.5 Å². The lowest BCUT2D eigenvalue weighted by molar-refractivity contribution is 0.217. The Morgan fingerprint density at radius 2 is 2.00 bits per heavy atom. The van der Waals surface area contributed by atoms with E-state index in [-0.39, 0.29) is 6.10 Å². The molecule has 2 atom stereocenters. The van der Waals surface area contributed by atoms with E-state index < -0.39 is 13.2 Å². The van der Waals surface area contributed by atoms with Crippen molar-refractivity contribution in [2.45, 2.75) is 25.9 Å². The van der Waals surface area contributed by atoms with Gasteiger partial charge in [-0.15, -0.1) is 0 Å². The van der Waals surface area contributed by atoms with E-state index in [1.54, 1.807) is 12.1 Å². The van der Waals surface area contributed by atoms with E-state index >= 15 is 0 Å². The van der Waals surface area contributed by atoms with E-state index in [1.165, 1.54) is 12.1 Å². The van der Waals surface area contributed by atoms with E-state index in [1.807, 2.05) is 24.3 Å². The van der Waals surface area contributed by atoms with Gasteiger partial charge in [-0.25, -0.2) is 4.39 Å². The summed E-state index contributed by atoms with van der Waals surface area (Å²) in [5.74, 6) is -0.391. The van der Waals surface area contributed by atoms with E-state index in [9.17, 15) is 8.96 Å². The monoisotopic (exact) mass is 290 g/mol. The highest BCUT2D eigenvalue weighted by Gasteiger charge is 2.41. The molecule has 20 heavy (non-hydrogen) atoms. The van der Waals surface area contributed by atoms with Gasteiger partial charge in [0.1, 0.15) is 5.82 Å². The minimum atomic E-state index is -3.17. The molecule has 0 aliphatic carbocycles. The number of rotatable bonds is 3. The first-order valence-corrected chi connectivity index (χ1v) is 8.41. The molecular weight excluding hydrogens is 274 g/mol. The van der Waals surface area contributed by atoms with Gasteiger partial charge >= 0.3 is 0 Å². The van der Waals surface area contributed by atoms with Crippen molar-refractivity contribution in [2.24, 2.45) is 0 Å². The van der Waals surface area contributed by atoms with Crippen molar-refractivity contribution in [1.29, 1.82) is 0 Å². The second kappa shape index (κ2) is 5.16. The number of fused-ring (bicyclic) bond motifs is 1. The summed E-state index contributed by atoms with van der Waals surface area (Å²) in [4.78, 5) is 0. The zero-order valence-electron chi connectivity index (χ0n) is 11.3. The normalized spacial score (nSPS) is 24.6. The molecule has 0 amide bonds. The van der Waals surface area contributed by atoms with Crippen molar-refractivity contribution >= 4 is 18.0 Å². The van der Waals surface area contributed by atoms with Crippen molar-refractivity contribution < 1.29 is 13.5 Å². The van der Waals surface area contributed by atoms with E-state index in [4.69, 9.17) is 4.52 Å². The number of hydrogen-bond acceptors (Lipinski definition) is 2. The van der Waals surface area contributed by atoms with Crippen LogP contribution in [0.5, 0.6) is 0 Å². The van der Waals surface area contributed by atoms with Crippen LogP contribution in [0.4, 0.5) is 4.39 Å². The predicted octanol–water partition coefficient (Wildman–Crippen LogP) is 3.93. The SMILES string of the molecule is CCCC1OP(=O)(c2cccc(F)c2)c2ccccc21. The lowest BCUT2D eigenvalue weighted by Gasteiger charge is -2.14. The van der Waals surface area contributed by atoms with Crippen LogP contribution in [0.1, 0.15) is 31.4 Å². The first-order valence-electron chi connectivity index (χ1n) is 6.79. The summed E-state index contributed by atoms with van der Waals surface area (Å²) in [6, 6.07) is 13.5. The van der Waals surface area contributed by atoms with Crippen molar-refractivity contribution in [3.8, 4) is 0 Å². The number of benzene rings is 2. The van der Waals surface area contributed by atoms with Gasteiger partial charge in [-0.3, -0.25) is 4.57 Å². The Bertz CT molecular complexity index is 684. The molecule has 1 aliphatic heterocycles. The highest BCUT2D eigenvalue weighted by atomic mass is 31.2. The summed E-state index contributed by atoms with van der Waals surface area (Å²) < 4.78 is 32.6. The average Bonchev–Trinajstić information content (AvgIpc) is 2.74. The van der Waals surface area contributed by atoms with E-state index in [2.05, 4.69) is 6.92 Å². The van der Waals surface area contributed by atoms with Gasteiger partial charge in [-0.2, -0.15) is 0 Å². The maximum atomic E-state index is 13.4. The predicted molar refractivity (Wildman–Crippen MR) is 78.5 cm³/mol. The molecule has 0 fully saturated rings. The van der Waals surface area contributed by atoms with Gasteiger partial charge in [0.15, 0.2) is 0 Å². The maximum Gasteiger partial charge on any atom is 0.262 e. The first kappa shape index (κ1) is 13.5. The molecule has 0 radical (unpaired) electrons. The second-order valence-corrected chi connectivity index (χ2v) is 7.28. The fraction of sp³-hybridized carbons (Fsp3) is 0.250. The Labute approximate surface area is 118 Å². The largest absolute Gasteiger partial charge is 0.314 e. The summed E-state index contributed by atoms with van der Waals surface area (Å²) in [5, 5.41) is 1.15. The molecule has 0 saturated carbocycles. The molecule has 0 aromatic heterocycles. The van der Waals surface area contributed by atoms with Crippen molar-refractivity contribution in [3.63, 3.8) is 0 Å². The van der Waals surface area contributed by atoms with Gasteiger partial charge in [-0.05, 0) is 36.2 Å². The molecule has 4 heteroatoms. The summed E-state index contributed by atoms with van der Waals surface area (Å²) in [5.41, 5.74) is 0.974. The lowest BCUT2D eigenvalue weighted by Crippen LogP contribution is -2.14. The lowest BCUT2D eigenvalue weighted by atomic mass is 10.1. The topological polar surface area (TPSA) is 26.3 Å². The first-order chi connectivity index (χ1) is 9.65. The van der Waals surface area contributed by atoms with Gasteiger partial charge in [0.2, 0.25) is 0 Å². The summed E-state index contributed by atoms with van der Waals surface area (Å²) in [6.45, 7) is 2.07. The Morgan fingerprint density at radius 3 is 2.75 bits per heavy atom. The zero-order chi connectivity index (χ0) is 14.2. The van der Waals surface area contributed by atoms with Gasteiger partial charge in [0, 0.05) is 10.6 Å². The highest BCUT2D eigenvalue weighted by Crippen LogP contribution is 2.56. The zero-order valence-corrected chi connectivity index (χ0v) is 12.1. The van der Waals surface area contributed by atoms with Crippen LogP contribution in [0.3, 0.4) is 0 Å². The van der Waals surface area contributed by atoms with Crippen LogP contribution in [-0.2, 0) is 9.09 Å². The molecule has 1 aliphatic rings. The fourth-order valence-corrected chi connectivity index (χ4v) is 5.16. The molecule has 2 aromatic carbocycles. The number of halogens is 1. The third kappa shape index (κ3) is 2.11. The molecule has 2 unspecified atom stereocenters. The van der Waals surface area contributed by atoms with Crippen LogP contribution in [0.25, 0.3) is 0 Å². The van der Waals surface area contributed by atoms with Crippen LogP contribution in [0, 0.1) is 5.82 Å². The fourth-order valence-electron chi connectivity index (χ4n) is 2.65. The minimum Gasteiger partial charge on any atom is -0.314 e. The van der Waals surface area contributed by atoms with Gasteiger partial charge in [-0.1, -0.05) is 37.6 Å². The molecule has 2 nitrogen and oxygen atoms in total. The smallest absolute Gasteiger partial charge is 0.262 e. The third-order valence-corrected chi connectivity index (χ3v) is 6.13. The van der Waals surface area contributed by atoms with Crippen LogP contribution >= 0.6 is 7.37 Å². The van der Waals surface area contributed by atoms with Gasteiger partial charge in [0.25, 0.3) is 7.37 Å². The Balaban J connectivity index is 2.13. The molecule has 0 N–H and O–H groups in total. The van der Waals surface area contributed by atoms with Crippen molar-refractivity contribution in [3.05, 3.63) is 59.9 Å². The summed E-state index contributed by atoms with van der Waals surface area (Å²) in [6.07, 6.45) is 1.60. The second-order valence-electron chi connectivity index (χ2n) is 4.97. The average molecular weight is 290 g/mol. The van der Waals surface area contributed by atoms with Crippen LogP contribution in [0.2, 0.25) is 0 Å². The summed E-state index contributed by atoms with van der Waals surface area (Å²) >= 11 is 0. The molecule has 2 aromatic rings. The molecule has 104 valence electrons. The highest BCUT2D eigenvalue weighted by molar-refractivity contribution is 7.74. The van der Waals surface area contributed by atoms with Gasteiger partial charge < -0.3 is 4.52 Å². The quantitative estimate of drug-likeness (QED) is 0.801. The Kier molecular flexibility index (Phi) is 3.49.